The molecule has 0 radical (unpaired) electrons. The van der Waals surface area contributed by atoms with E-state index in [1.165, 1.54) is 98.3 Å². The van der Waals surface area contributed by atoms with Crippen molar-refractivity contribution in [1.82, 2.24) is 4.57 Å². The standard InChI is InChI=1S/C52H33N/c1-2-17-39(18-3-1)53-50-27-13-12-25-47(50)52-42(26-14-28-51(52)53)36-29-37(48-32-34-15-4-6-19-40(34)43-21-8-10-23-45(43)48)31-38(30-36)49-33-35-16-5-7-20-41(35)44-22-9-11-24-46(44)49/h1-33H. The summed E-state index contributed by atoms with van der Waals surface area (Å²) in [5.41, 5.74) is 10.9. The normalized spacial score (nSPS) is 11.8. The Balaban J connectivity index is 1.27. The van der Waals surface area contributed by atoms with Crippen LogP contribution in [0.2, 0.25) is 0 Å². The van der Waals surface area contributed by atoms with Crippen molar-refractivity contribution in [3.63, 3.8) is 0 Å². The Morgan fingerprint density at radius 3 is 1.28 bits per heavy atom. The Hall–Kier alpha value is -6.96. The van der Waals surface area contributed by atoms with Crippen molar-refractivity contribution in [2.45, 2.75) is 0 Å². The predicted octanol–water partition coefficient (Wildman–Crippen LogP) is 14.4. The number of para-hydroxylation sites is 2. The quantitative estimate of drug-likeness (QED) is 0.164. The highest BCUT2D eigenvalue weighted by Gasteiger charge is 2.19. The van der Waals surface area contributed by atoms with Crippen molar-refractivity contribution in [2.75, 3.05) is 0 Å². The van der Waals surface area contributed by atoms with Gasteiger partial charge in [-0.15, -0.1) is 0 Å². The number of rotatable bonds is 4. The molecule has 0 saturated carbocycles. The largest absolute Gasteiger partial charge is 0.309 e. The van der Waals surface area contributed by atoms with Crippen LogP contribution < -0.4 is 0 Å². The second-order valence-electron chi connectivity index (χ2n) is 14.1. The van der Waals surface area contributed by atoms with Crippen LogP contribution in [0.3, 0.4) is 0 Å². The Labute approximate surface area is 307 Å². The number of hydrogen-bond donors (Lipinski definition) is 0. The van der Waals surface area contributed by atoms with E-state index in [2.05, 4.69) is 205 Å². The molecule has 53 heavy (non-hydrogen) atoms. The van der Waals surface area contributed by atoms with Gasteiger partial charge in [-0.3, -0.25) is 0 Å². The number of fused-ring (bicyclic) bond motifs is 9. The molecule has 1 heterocycles. The molecule has 0 aliphatic rings. The smallest absolute Gasteiger partial charge is 0.0547 e. The molecule has 246 valence electrons. The summed E-state index contributed by atoms with van der Waals surface area (Å²) in [7, 11) is 0. The van der Waals surface area contributed by atoms with Crippen LogP contribution in [-0.2, 0) is 0 Å². The number of nitrogens with zero attached hydrogens (tertiary/aromatic N) is 1. The summed E-state index contributed by atoms with van der Waals surface area (Å²) < 4.78 is 2.41. The van der Waals surface area contributed by atoms with E-state index in [4.69, 9.17) is 0 Å². The maximum Gasteiger partial charge on any atom is 0.0547 e. The molecular formula is C52H33N. The van der Waals surface area contributed by atoms with Crippen molar-refractivity contribution in [3.05, 3.63) is 200 Å². The SMILES string of the molecule is c1ccc(-n2c3ccccc3c3c(-c4cc(-c5cc6ccccc6c6ccccc56)cc(-c5cc6ccccc6c6ccccc56)c4)cccc32)cc1. The highest BCUT2D eigenvalue weighted by atomic mass is 15.0. The summed E-state index contributed by atoms with van der Waals surface area (Å²) in [5, 5.41) is 12.6. The molecule has 0 spiro atoms. The molecule has 0 aliphatic heterocycles. The lowest BCUT2D eigenvalue weighted by atomic mass is 9.87. The molecule has 10 aromatic carbocycles. The van der Waals surface area contributed by atoms with E-state index in [1.807, 2.05) is 0 Å². The topological polar surface area (TPSA) is 4.93 Å². The van der Waals surface area contributed by atoms with Gasteiger partial charge in [0.2, 0.25) is 0 Å². The second kappa shape index (κ2) is 11.8. The first kappa shape index (κ1) is 29.7. The molecule has 0 bridgehead atoms. The maximum absolute atomic E-state index is 2.42. The van der Waals surface area contributed by atoms with Gasteiger partial charge < -0.3 is 4.57 Å². The average molecular weight is 672 g/mol. The fourth-order valence-electron chi connectivity index (χ4n) is 8.80. The lowest BCUT2D eigenvalue weighted by molar-refractivity contribution is 1.18. The number of hydrogen-bond acceptors (Lipinski definition) is 0. The zero-order valence-corrected chi connectivity index (χ0v) is 29.0. The van der Waals surface area contributed by atoms with E-state index >= 15 is 0 Å². The van der Waals surface area contributed by atoms with Gasteiger partial charge in [-0.05, 0) is 131 Å². The van der Waals surface area contributed by atoms with Crippen LogP contribution in [0, 0.1) is 0 Å². The zero-order chi connectivity index (χ0) is 34.9. The van der Waals surface area contributed by atoms with Crippen molar-refractivity contribution in [2.24, 2.45) is 0 Å². The lowest BCUT2D eigenvalue weighted by Gasteiger charge is -2.17. The van der Waals surface area contributed by atoms with Crippen molar-refractivity contribution < 1.29 is 0 Å². The van der Waals surface area contributed by atoms with Gasteiger partial charge in [0.05, 0.1) is 11.0 Å². The van der Waals surface area contributed by atoms with Crippen molar-refractivity contribution in [1.29, 1.82) is 0 Å². The fourth-order valence-corrected chi connectivity index (χ4v) is 8.80. The van der Waals surface area contributed by atoms with Crippen molar-refractivity contribution >= 4 is 64.9 Å². The highest BCUT2D eigenvalue weighted by molar-refractivity contribution is 6.18. The van der Waals surface area contributed by atoms with E-state index in [0.29, 0.717) is 0 Å². The second-order valence-corrected chi connectivity index (χ2v) is 14.1. The highest BCUT2D eigenvalue weighted by Crippen LogP contribution is 2.44. The van der Waals surface area contributed by atoms with Gasteiger partial charge in [0.1, 0.15) is 0 Å². The first-order valence-corrected chi connectivity index (χ1v) is 18.3. The minimum atomic E-state index is 1.16. The van der Waals surface area contributed by atoms with Crippen LogP contribution in [0.25, 0.3) is 104 Å². The molecule has 11 aromatic rings. The van der Waals surface area contributed by atoms with Gasteiger partial charge in [-0.1, -0.05) is 146 Å². The summed E-state index contributed by atoms with van der Waals surface area (Å²) in [6.45, 7) is 0. The Morgan fingerprint density at radius 1 is 0.264 bits per heavy atom. The van der Waals surface area contributed by atoms with Crippen LogP contribution in [0.4, 0.5) is 0 Å². The van der Waals surface area contributed by atoms with Gasteiger partial charge in [0.15, 0.2) is 0 Å². The third-order valence-electron chi connectivity index (χ3n) is 11.1. The zero-order valence-electron chi connectivity index (χ0n) is 29.0. The molecule has 0 atom stereocenters. The Morgan fingerprint density at radius 2 is 0.698 bits per heavy atom. The Kier molecular flexibility index (Phi) is 6.62. The molecule has 1 heteroatoms. The van der Waals surface area contributed by atoms with Crippen molar-refractivity contribution in [3.8, 4) is 39.1 Å². The van der Waals surface area contributed by atoms with E-state index in [-0.39, 0.29) is 0 Å². The predicted molar refractivity (Wildman–Crippen MR) is 227 cm³/mol. The fraction of sp³-hybridized carbons (Fsp3) is 0. The van der Waals surface area contributed by atoms with Gasteiger partial charge in [-0.2, -0.15) is 0 Å². The summed E-state index contributed by atoms with van der Waals surface area (Å²) >= 11 is 0. The third kappa shape index (κ3) is 4.64. The summed E-state index contributed by atoms with van der Waals surface area (Å²) in [6.07, 6.45) is 0. The Bertz CT molecular complexity index is 3080. The minimum absolute atomic E-state index is 1.16. The first-order valence-electron chi connectivity index (χ1n) is 18.3. The van der Waals surface area contributed by atoms with Crippen LogP contribution in [0.5, 0.6) is 0 Å². The summed E-state index contributed by atoms with van der Waals surface area (Å²) in [4.78, 5) is 0. The third-order valence-corrected chi connectivity index (χ3v) is 11.1. The molecule has 0 N–H and O–H groups in total. The first-order chi connectivity index (χ1) is 26.3. The monoisotopic (exact) mass is 671 g/mol. The van der Waals surface area contributed by atoms with Crippen LogP contribution in [-0.4, -0.2) is 4.57 Å². The molecule has 0 amide bonds. The number of benzene rings is 10. The molecule has 11 rings (SSSR count). The molecule has 1 aromatic heterocycles. The van der Waals surface area contributed by atoms with Crippen LogP contribution in [0.15, 0.2) is 200 Å². The van der Waals surface area contributed by atoms with E-state index in [1.54, 1.807) is 0 Å². The van der Waals surface area contributed by atoms with E-state index in [0.717, 1.165) is 5.69 Å². The number of aromatic nitrogens is 1. The van der Waals surface area contributed by atoms with Gasteiger partial charge in [0.25, 0.3) is 0 Å². The molecular weight excluding hydrogens is 639 g/mol. The van der Waals surface area contributed by atoms with E-state index in [9.17, 15) is 0 Å². The molecule has 0 saturated heterocycles. The molecule has 0 unspecified atom stereocenters. The molecule has 0 aliphatic carbocycles. The van der Waals surface area contributed by atoms with Crippen LogP contribution >= 0.6 is 0 Å². The van der Waals surface area contributed by atoms with Gasteiger partial charge in [-0.25, -0.2) is 0 Å². The summed E-state index contributed by atoms with van der Waals surface area (Å²) in [5.74, 6) is 0. The molecule has 0 fully saturated rings. The maximum atomic E-state index is 2.42. The lowest BCUT2D eigenvalue weighted by Crippen LogP contribution is -1.93. The summed E-state index contributed by atoms with van der Waals surface area (Å²) in [6, 6.07) is 73.7. The average Bonchev–Trinajstić information content (AvgIpc) is 3.58. The van der Waals surface area contributed by atoms with Crippen LogP contribution in [0.1, 0.15) is 0 Å². The minimum Gasteiger partial charge on any atom is -0.309 e. The van der Waals surface area contributed by atoms with Gasteiger partial charge >= 0.3 is 0 Å². The molecule has 1 nitrogen and oxygen atoms in total. The van der Waals surface area contributed by atoms with E-state index < -0.39 is 0 Å². The van der Waals surface area contributed by atoms with Gasteiger partial charge in [0, 0.05) is 16.5 Å².